The molecule has 4 heteroatoms. The lowest BCUT2D eigenvalue weighted by molar-refractivity contribution is 0.0697. The van der Waals surface area contributed by atoms with Gasteiger partial charge in [0.05, 0.1) is 5.56 Å². The summed E-state index contributed by atoms with van der Waals surface area (Å²) < 4.78 is 15.2. The summed E-state index contributed by atoms with van der Waals surface area (Å²) in [6, 6.07) is 13.1. The van der Waals surface area contributed by atoms with Crippen LogP contribution in [0.4, 0.5) is 4.39 Å². The zero-order valence-corrected chi connectivity index (χ0v) is 17.7. The molecule has 0 amide bonds. The summed E-state index contributed by atoms with van der Waals surface area (Å²) in [7, 11) is 0. The average molecular weight is 404 g/mol. The topological polar surface area (TPSA) is 54.4 Å². The van der Waals surface area contributed by atoms with E-state index >= 15 is 4.39 Å². The second-order valence-electron chi connectivity index (χ2n) is 9.56. The monoisotopic (exact) mass is 404 g/mol. The van der Waals surface area contributed by atoms with Crippen LogP contribution in [0.5, 0.6) is 0 Å². The Morgan fingerprint density at radius 2 is 1.37 bits per heavy atom. The molecule has 3 aromatic rings. The van der Waals surface area contributed by atoms with Crippen molar-refractivity contribution in [1.29, 1.82) is 0 Å². The molecule has 0 aromatic heterocycles. The number of ketones is 1. The molecule has 0 bridgehead atoms. The molecule has 0 heterocycles. The second kappa shape index (κ2) is 6.76. The number of fused-ring (bicyclic) bond motifs is 2. The molecule has 0 saturated heterocycles. The molecule has 30 heavy (non-hydrogen) atoms. The summed E-state index contributed by atoms with van der Waals surface area (Å²) >= 11 is 0. The van der Waals surface area contributed by atoms with E-state index in [1.807, 2.05) is 6.07 Å². The highest BCUT2D eigenvalue weighted by molar-refractivity contribution is 6.11. The molecular weight excluding hydrogens is 379 g/mol. The van der Waals surface area contributed by atoms with Crippen LogP contribution in [0.15, 0.2) is 48.5 Å². The third kappa shape index (κ3) is 3.30. The minimum atomic E-state index is -0.993. The maximum absolute atomic E-state index is 15.2. The van der Waals surface area contributed by atoms with Crippen molar-refractivity contribution in [2.45, 2.75) is 51.4 Å². The van der Waals surface area contributed by atoms with Crippen molar-refractivity contribution in [3.8, 4) is 0 Å². The minimum absolute atomic E-state index is 0.196. The number of carboxylic acids is 1. The Morgan fingerprint density at radius 1 is 0.800 bits per heavy atom. The van der Waals surface area contributed by atoms with Gasteiger partial charge in [0.25, 0.3) is 0 Å². The molecule has 4 rings (SSSR count). The van der Waals surface area contributed by atoms with Crippen molar-refractivity contribution in [2.75, 3.05) is 0 Å². The number of carbonyl (C=O) groups is 2. The highest BCUT2D eigenvalue weighted by Crippen LogP contribution is 2.47. The van der Waals surface area contributed by atoms with Gasteiger partial charge < -0.3 is 5.11 Å². The number of carbonyl (C=O) groups excluding carboxylic acids is 1. The van der Waals surface area contributed by atoms with Crippen molar-refractivity contribution >= 4 is 22.5 Å². The zero-order valence-electron chi connectivity index (χ0n) is 17.7. The van der Waals surface area contributed by atoms with Gasteiger partial charge >= 0.3 is 5.97 Å². The smallest absolute Gasteiger partial charge is 0.335 e. The van der Waals surface area contributed by atoms with E-state index in [0.29, 0.717) is 11.1 Å². The first-order chi connectivity index (χ1) is 14.0. The van der Waals surface area contributed by atoms with Gasteiger partial charge in [0, 0.05) is 11.1 Å². The van der Waals surface area contributed by atoms with E-state index in [2.05, 4.69) is 27.7 Å². The third-order valence-corrected chi connectivity index (χ3v) is 6.48. The summed E-state index contributed by atoms with van der Waals surface area (Å²) in [5.74, 6) is -1.55. The first-order valence-corrected chi connectivity index (χ1v) is 10.2. The molecule has 3 nitrogen and oxygen atoms in total. The first kappa shape index (κ1) is 20.3. The molecule has 3 aromatic carbocycles. The van der Waals surface area contributed by atoms with Gasteiger partial charge in [-0.2, -0.15) is 0 Å². The molecule has 1 aliphatic rings. The van der Waals surface area contributed by atoms with Crippen molar-refractivity contribution < 1.29 is 19.1 Å². The quantitative estimate of drug-likeness (QED) is 0.525. The van der Waals surface area contributed by atoms with Crippen LogP contribution in [0.3, 0.4) is 0 Å². The maximum atomic E-state index is 15.2. The van der Waals surface area contributed by atoms with Crippen LogP contribution < -0.4 is 0 Å². The standard InChI is InChI=1S/C26H25FO3/c1-25(2)9-10-26(3,4)22-20(25)13-19(14-21(22)27)23(28)17-7-5-16-12-18(24(29)30)8-6-15(16)11-17/h5-8,11-14H,9-10H2,1-4H3,(H,29,30). The van der Waals surface area contributed by atoms with E-state index in [0.717, 1.165) is 34.7 Å². The molecular formula is C26H25FO3. The number of rotatable bonds is 3. The van der Waals surface area contributed by atoms with Crippen molar-refractivity contribution in [1.82, 2.24) is 0 Å². The van der Waals surface area contributed by atoms with Gasteiger partial charge in [-0.1, -0.05) is 45.9 Å². The van der Waals surface area contributed by atoms with Crippen LogP contribution in [0.25, 0.3) is 10.8 Å². The zero-order chi connectivity index (χ0) is 21.8. The van der Waals surface area contributed by atoms with Crippen LogP contribution in [0, 0.1) is 5.82 Å². The summed E-state index contributed by atoms with van der Waals surface area (Å²) in [6.45, 7) is 8.32. The Morgan fingerprint density at radius 3 is 2.00 bits per heavy atom. The Hall–Kier alpha value is -3.01. The van der Waals surface area contributed by atoms with Crippen molar-refractivity contribution in [3.63, 3.8) is 0 Å². The lowest BCUT2D eigenvalue weighted by atomic mass is 9.62. The maximum Gasteiger partial charge on any atom is 0.335 e. The summed E-state index contributed by atoms with van der Waals surface area (Å²) in [5.41, 5.74) is 2.17. The fourth-order valence-corrected chi connectivity index (χ4v) is 4.53. The fraction of sp³-hybridized carbons (Fsp3) is 0.308. The van der Waals surface area contributed by atoms with Crippen LogP contribution >= 0.6 is 0 Å². The Kier molecular flexibility index (Phi) is 4.57. The molecule has 1 N–H and O–H groups in total. The Labute approximate surface area is 175 Å². The molecule has 1 aliphatic carbocycles. The summed E-state index contributed by atoms with van der Waals surface area (Å²) in [6.07, 6.45) is 1.84. The number of hydrogen-bond acceptors (Lipinski definition) is 2. The molecule has 0 radical (unpaired) electrons. The van der Waals surface area contributed by atoms with E-state index in [9.17, 15) is 9.59 Å². The van der Waals surface area contributed by atoms with Crippen molar-refractivity contribution in [2.24, 2.45) is 0 Å². The number of benzene rings is 3. The molecule has 0 spiro atoms. The predicted octanol–water partition coefficient (Wildman–Crippen LogP) is 6.26. The van der Waals surface area contributed by atoms with E-state index in [1.54, 1.807) is 30.3 Å². The number of halogens is 1. The van der Waals surface area contributed by atoms with Gasteiger partial charge in [-0.05, 0) is 75.9 Å². The predicted molar refractivity (Wildman–Crippen MR) is 116 cm³/mol. The number of hydrogen-bond donors (Lipinski definition) is 1. The van der Waals surface area contributed by atoms with Crippen LogP contribution in [0.2, 0.25) is 0 Å². The first-order valence-electron chi connectivity index (χ1n) is 10.2. The summed E-state index contributed by atoms with van der Waals surface area (Å²) in [5, 5.41) is 10.7. The highest BCUT2D eigenvalue weighted by Gasteiger charge is 2.39. The lowest BCUT2D eigenvalue weighted by Crippen LogP contribution is -2.35. The minimum Gasteiger partial charge on any atom is -0.478 e. The molecule has 154 valence electrons. The van der Waals surface area contributed by atoms with E-state index in [-0.39, 0.29) is 28.0 Å². The van der Waals surface area contributed by atoms with E-state index < -0.39 is 5.97 Å². The highest BCUT2D eigenvalue weighted by atomic mass is 19.1. The molecule has 0 aliphatic heterocycles. The average Bonchev–Trinajstić information content (AvgIpc) is 2.69. The van der Waals surface area contributed by atoms with Crippen molar-refractivity contribution in [3.05, 3.63) is 82.2 Å². The van der Waals surface area contributed by atoms with Crippen LogP contribution in [-0.4, -0.2) is 16.9 Å². The molecule has 0 fully saturated rings. The molecule has 0 atom stereocenters. The van der Waals surface area contributed by atoms with Gasteiger partial charge in [-0.15, -0.1) is 0 Å². The Balaban J connectivity index is 1.80. The number of aromatic carboxylic acids is 1. The van der Waals surface area contributed by atoms with Gasteiger partial charge in [0.2, 0.25) is 0 Å². The normalized spacial score (nSPS) is 16.8. The second-order valence-corrected chi connectivity index (χ2v) is 9.56. The van der Waals surface area contributed by atoms with Gasteiger partial charge in [-0.3, -0.25) is 4.79 Å². The van der Waals surface area contributed by atoms with E-state index in [4.69, 9.17) is 5.11 Å². The number of carboxylic acid groups (broad SMARTS) is 1. The van der Waals surface area contributed by atoms with Gasteiger partial charge in [-0.25, -0.2) is 9.18 Å². The largest absolute Gasteiger partial charge is 0.478 e. The van der Waals surface area contributed by atoms with E-state index in [1.165, 1.54) is 12.1 Å². The molecule has 0 saturated carbocycles. The third-order valence-electron chi connectivity index (χ3n) is 6.48. The summed E-state index contributed by atoms with van der Waals surface area (Å²) in [4.78, 5) is 24.4. The van der Waals surface area contributed by atoms with Crippen LogP contribution in [0.1, 0.15) is 77.9 Å². The van der Waals surface area contributed by atoms with Crippen LogP contribution in [-0.2, 0) is 10.8 Å². The molecule has 0 unspecified atom stereocenters. The van der Waals surface area contributed by atoms with Gasteiger partial charge in [0.15, 0.2) is 5.78 Å². The SMILES string of the molecule is CC1(C)CCC(C)(C)c2c(F)cc(C(=O)c3ccc4cc(C(=O)O)ccc4c3)cc21. The van der Waals surface area contributed by atoms with Gasteiger partial charge in [0.1, 0.15) is 5.82 Å². The fourth-order valence-electron chi connectivity index (χ4n) is 4.53. The Bertz CT molecular complexity index is 1200. The lowest BCUT2D eigenvalue weighted by Gasteiger charge is -2.42.